The molecule has 1 rings (SSSR count). The highest BCUT2D eigenvalue weighted by Gasteiger charge is 2.27. The molecule has 0 spiro atoms. The van der Waals surface area contributed by atoms with Crippen LogP contribution >= 0.6 is 0 Å². The van der Waals surface area contributed by atoms with Crippen molar-refractivity contribution in [1.82, 2.24) is 4.31 Å². The van der Waals surface area contributed by atoms with Crippen molar-refractivity contribution in [1.29, 1.82) is 0 Å². The Labute approximate surface area is 118 Å². The number of ether oxygens (including phenoxy) is 1. The Morgan fingerprint density at radius 2 is 1.85 bits per heavy atom. The maximum absolute atomic E-state index is 12.5. The summed E-state index contributed by atoms with van der Waals surface area (Å²) in [5.41, 5.74) is 5.92. The molecule has 0 heterocycles. The molecule has 114 valence electrons. The molecule has 0 atom stereocenters. The SMILES string of the molecule is CCOc1ccc(N)cc1S(=O)(=O)N(CCO)CCO. The van der Waals surface area contributed by atoms with Crippen LogP contribution in [0.3, 0.4) is 0 Å². The van der Waals surface area contributed by atoms with Crippen LogP contribution in [0.2, 0.25) is 0 Å². The number of sulfonamides is 1. The highest BCUT2D eigenvalue weighted by atomic mass is 32.2. The molecule has 8 heteroatoms. The monoisotopic (exact) mass is 304 g/mol. The molecule has 0 aliphatic heterocycles. The molecule has 0 bridgehead atoms. The van der Waals surface area contributed by atoms with E-state index in [-0.39, 0.29) is 36.9 Å². The molecule has 0 aliphatic carbocycles. The van der Waals surface area contributed by atoms with E-state index in [1.54, 1.807) is 13.0 Å². The Morgan fingerprint density at radius 1 is 1.25 bits per heavy atom. The van der Waals surface area contributed by atoms with Gasteiger partial charge in [-0.2, -0.15) is 4.31 Å². The van der Waals surface area contributed by atoms with E-state index >= 15 is 0 Å². The Bertz CT molecular complexity index is 527. The van der Waals surface area contributed by atoms with Gasteiger partial charge >= 0.3 is 0 Å². The number of aliphatic hydroxyl groups excluding tert-OH is 2. The van der Waals surface area contributed by atoms with Crippen LogP contribution in [0.15, 0.2) is 23.1 Å². The molecule has 0 aliphatic rings. The molecule has 0 unspecified atom stereocenters. The number of hydrogen-bond donors (Lipinski definition) is 3. The van der Waals surface area contributed by atoms with Crippen molar-refractivity contribution < 1.29 is 23.4 Å². The largest absolute Gasteiger partial charge is 0.492 e. The molecule has 20 heavy (non-hydrogen) atoms. The van der Waals surface area contributed by atoms with Gasteiger partial charge in [-0.05, 0) is 25.1 Å². The topological polar surface area (TPSA) is 113 Å². The predicted molar refractivity (Wildman–Crippen MR) is 75.0 cm³/mol. The molecule has 1 aromatic rings. The third kappa shape index (κ3) is 3.83. The van der Waals surface area contributed by atoms with E-state index in [1.807, 2.05) is 0 Å². The van der Waals surface area contributed by atoms with Crippen LogP contribution in [0.5, 0.6) is 5.75 Å². The molecule has 0 fully saturated rings. The molecular weight excluding hydrogens is 284 g/mol. The minimum absolute atomic E-state index is 0.0683. The quantitative estimate of drug-likeness (QED) is 0.565. The lowest BCUT2D eigenvalue weighted by Gasteiger charge is -2.22. The molecular formula is C12H20N2O5S. The number of nitrogens with two attached hydrogens (primary N) is 1. The molecule has 0 saturated heterocycles. The van der Waals surface area contributed by atoms with Crippen molar-refractivity contribution >= 4 is 15.7 Å². The summed E-state index contributed by atoms with van der Waals surface area (Å²) in [5.74, 6) is 0.197. The maximum Gasteiger partial charge on any atom is 0.246 e. The van der Waals surface area contributed by atoms with Gasteiger partial charge in [0.25, 0.3) is 0 Å². The van der Waals surface area contributed by atoms with Crippen molar-refractivity contribution in [2.24, 2.45) is 0 Å². The van der Waals surface area contributed by atoms with Gasteiger partial charge in [-0.15, -0.1) is 0 Å². The average molecular weight is 304 g/mol. The molecule has 0 saturated carbocycles. The molecule has 7 nitrogen and oxygen atoms in total. The van der Waals surface area contributed by atoms with Gasteiger partial charge < -0.3 is 20.7 Å². The van der Waals surface area contributed by atoms with Gasteiger partial charge in [0, 0.05) is 18.8 Å². The van der Waals surface area contributed by atoms with E-state index in [0.29, 0.717) is 12.3 Å². The standard InChI is InChI=1S/C12H20N2O5S/c1-2-19-11-4-3-10(13)9-12(11)20(17,18)14(5-7-15)6-8-16/h3-4,9,15-16H,2,5-8,13H2,1H3. The zero-order chi connectivity index (χ0) is 15.2. The third-order valence-corrected chi connectivity index (χ3v) is 4.50. The van der Waals surface area contributed by atoms with E-state index in [9.17, 15) is 8.42 Å². The second kappa shape index (κ2) is 7.44. The fourth-order valence-corrected chi connectivity index (χ4v) is 3.30. The van der Waals surface area contributed by atoms with Gasteiger partial charge in [-0.25, -0.2) is 8.42 Å². The summed E-state index contributed by atoms with van der Waals surface area (Å²) in [4.78, 5) is -0.0683. The first kappa shape index (κ1) is 16.7. The number of rotatable bonds is 8. The highest BCUT2D eigenvalue weighted by molar-refractivity contribution is 7.89. The van der Waals surface area contributed by atoms with Crippen LogP contribution in [-0.2, 0) is 10.0 Å². The fraction of sp³-hybridized carbons (Fsp3) is 0.500. The first-order valence-corrected chi connectivity index (χ1v) is 7.65. The molecule has 4 N–H and O–H groups in total. The van der Waals surface area contributed by atoms with Crippen LogP contribution in [0, 0.1) is 0 Å². The first-order chi connectivity index (χ1) is 9.47. The zero-order valence-corrected chi connectivity index (χ0v) is 12.1. The van der Waals surface area contributed by atoms with Crippen LogP contribution in [0.4, 0.5) is 5.69 Å². The fourth-order valence-electron chi connectivity index (χ4n) is 1.72. The van der Waals surface area contributed by atoms with Crippen molar-refractivity contribution in [3.63, 3.8) is 0 Å². The molecule has 0 amide bonds. The number of benzene rings is 1. The second-order valence-electron chi connectivity index (χ2n) is 3.99. The Balaban J connectivity index is 3.27. The summed E-state index contributed by atoms with van der Waals surface area (Å²) in [5, 5.41) is 17.9. The van der Waals surface area contributed by atoms with Gasteiger partial charge in [0.15, 0.2) is 0 Å². The third-order valence-electron chi connectivity index (χ3n) is 2.58. The Hall–Kier alpha value is -1.35. The summed E-state index contributed by atoms with van der Waals surface area (Å²) in [6, 6.07) is 4.34. The number of aliphatic hydroxyl groups is 2. The minimum Gasteiger partial charge on any atom is -0.492 e. The summed E-state index contributed by atoms with van der Waals surface area (Å²) >= 11 is 0. The average Bonchev–Trinajstić information content (AvgIpc) is 2.40. The maximum atomic E-state index is 12.5. The van der Waals surface area contributed by atoms with Crippen LogP contribution in [0.1, 0.15) is 6.92 Å². The molecule has 0 aromatic heterocycles. The summed E-state index contributed by atoms with van der Waals surface area (Å²) in [6.07, 6.45) is 0. The van der Waals surface area contributed by atoms with Crippen molar-refractivity contribution in [2.45, 2.75) is 11.8 Å². The van der Waals surface area contributed by atoms with Crippen molar-refractivity contribution in [3.05, 3.63) is 18.2 Å². The molecule has 0 radical (unpaired) electrons. The van der Waals surface area contributed by atoms with Gasteiger partial charge in [-0.3, -0.25) is 0 Å². The number of anilines is 1. The summed E-state index contributed by atoms with van der Waals surface area (Å²) < 4.78 is 31.3. The number of nitrogen functional groups attached to an aromatic ring is 1. The predicted octanol–water partition coefficient (Wildman–Crippen LogP) is -0.357. The Morgan fingerprint density at radius 3 is 2.35 bits per heavy atom. The lowest BCUT2D eigenvalue weighted by Crippen LogP contribution is -2.36. The summed E-state index contributed by atoms with van der Waals surface area (Å²) in [6.45, 7) is 1.15. The van der Waals surface area contributed by atoms with Crippen LogP contribution in [-0.4, -0.2) is 55.8 Å². The van der Waals surface area contributed by atoms with Gasteiger partial charge in [-0.1, -0.05) is 0 Å². The van der Waals surface area contributed by atoms with Crippen LogP contribution < -0.4 is 10.5 Å². The van der Waals surface area contributed by atoms with E-state index < -0.39 is 10.0 Å². The van der Waals surface area contributed by atoms with Gasteiger partial charge in [0.05, 0.1) is 19.8 Å². The van der Waals surface area contributed by atoms with Crippen LogP contribution in [0.25, 0.3) is 0 Å². The highest BCUT2D eigenvalue weighted by Crippen LogP contribution is 2.28. The van der Waals surface area contributed by atoms with Crippen molar-refractivity contribution in [2.75, 3.05) is 38.6 Å². The van der Waals surface area contributed by atoms with E-state index in [2.05, 4.69) is 0 Å². The smallest absolute Gasteiger partial charge is 0.246 e. The molecule has 1 aromatic carbocycles. The summed E-state index contributed by atoms with van der Waals surface area (Å²) in [7, 11) is -3.89. The second-order valence-corrected chi connectivity index (χ2v) is 5.90. The first-order valence-electron chi connectivity index (χ1n) is 6.21. The van der Waals surface area contributed by atoms with Crippen molar-refractivity contribution in [3.8, 4) is 5.75 Å². The zero-order valence-electron chi connectivity index (χ0n) is 11.3. The van der Waals surface area contributed by atoms with E-state index in [4.69, 9.17) is 20.7 Å². The normalized spacial score (nSPS) is 11.8. The number of nitrogens with zero attached hydrogens (tertiary/aromatic N) is 1. The van der Waals surface area contributed by atoms with E-state index in [1.165, 1.54) is 12.1 Å². The van der Waals surface area contributed by atoms with E-state index in [0.717, 1.165) is 4.31 Å². The van der Waals surface area contributed by atoms with Gasteiger partial charge in [0.1, 0.15) is 10.6 Å². The lowest BCUT2D eigenvalue weighted by molar-refractivity contribution is 0.217. The number of hydrogen-bond acceptors (Lipinski definition) is 6. The minimum atomic E-state index is -3.89. The Kier molecular flexibility index (Phi) is 6.21. The lowest BCUT2D eigenvalue weighted by atomic mass is 10.3. The van der Waals surface area contributed by atoms with Gasteiger partial charge in [0.2, 0.25) is 10.0 Å².